The van der Waals surface area contributed by atoms with Gasteiger partial charge in [0, 0.05) is 31.9 Å². The molecule has 0 amide bonds. The van der Waals surface area contributed by atoms with Crippen LogP contribution in [0.2, 0.25) is 0 Å². The van der Waals surface area contributed by atoms with Crippen molar-refractivity contribution >= 4 is 12.0 Å². The molecule has 0 aromatic rings. The molecule has 0 unspecified atom stereocenters. The lowest BCUT2D eigenvalue weighted by Gasteiger charge is -2.18. The van der Waals surface area contributed by atoms with Crippen LogP contribution in [0.15, 0.2) is 30.3 Å². The first-order valence-corrected chi connectivity index (χ1v) is 8.00. The third-order valence-electron chi connectivity index (χ3n) is 4.02. The summed E-state index contributed by atoms with van der Waals surface area (Å²) in [7, 11) is 0. The van der Waals surface area contributed by atoms with Crippen LogP contribution in [0.3, 0.4) is 0 Å². The smallest absolute Gasteiger partial charge is 0.182 e. The average Bonchev–Trinajstić information content (AvgIpc) is 2.62. The zero-order valence-electron chi connectivity index (χ0n) is 14.8. The second-order valence-corrected chi connectivity index (χ2v) is 7.35. The van der Waals surface area contributed by atoms with Gasteiger partial charge in [0.05, 0.1) is 0 Å². The maximum atomic E-state index is 12.3. The van der Waals surface area contributed by atoms with Gasteiger partial charge >= 0.3 is 0 Å². The topological polar surface area (TPSA) is 43.1 Å². The van der Waals surface area contributed by atoms with Crippen molar-refractivity contribution in [3.8, 4) is 11.1 Å². The Morgan fingerprint density at radius 2 is 1.83 bits per heavy atom. The van der Waals surface area contributed by atoms with Crippen LogP contribution in [-0.4, -0.2) is 22.3 Å². The van der Waals surface area contributed by atoms with E-state index in [-0.39, 0.29) is 5.78 Å². The highest BCUT2D eigenvalue weighted by atomic mass is 16.5. The van der Waals surface area contributed by atoms with Crippen LogP contribution >= 0.6 is 0 Å². The number of nitrogens with zero attached hydrogens (tertiary/aromatic N) is 1. The van der Waals surface area contributed by atoms with Crippen molar-refractivity contribution in [3.05, 3.63) is 52.2 Å². The summed E-state index contributed by atoms with van der Waals surface area (Å²) in [6.07, 6.45) is 1.60. The number of fused-ring (bicyclic) bond motifs is 1. The molecule has 0 fully saturated rings. The number of hydrogen-bond acceptors (Lipinski definition) is 2. The average molecular weight is 311 g/mol. The highest BCUT2D eigenvalue weighted by Crippen LogP contribution is 2.33. The SMILES string of the molecule is CC(=O)c1cc(/C=[N+](\[O-])C(C)(C)C)c2cc(C(C)C)cccc1-2. The van der Waals surface area contributed by atoms with Crippen molar-refractivity contribution in [2.75, 3.05) is 0 Å². The molecule has 0 atom stereocenters. The molecule has 0 aliphatic heterocycles. The van der Waals surface area contributed by atoms with Gasteiger partial charge in [0.2, 0.25) is 0 Å². The summed E-state index contributed by atoms with van der Waals surface area (Å²) in [5.74, 6) is 0.389. The Kier molecular flexibility index (Phi) is 4.60. The largest absolute Gasteiger partial charge is 0.623 e. The van der Waals surface area contributed by atoms with Gasteiger partial charge < -0.3 is 5.21 Å². The van der Waals surface area contributed by atoms with Crippen molar-refractivity contribution in [2.45, 2.75) is 53.0 Å². The minimum atomic E-state index is -0.516. The lowest BCUT2D eigenvalue weighted by molar-refractivity contribution is -0.530. The van der Waals surface area contributed by atoms with Crippen LogP contribution in [-0.2, 0) is 0 Å². The molecule has 3 heteroatoms. The fourth-order valence-electron chi connectivity index (χ4n) is 2.50. The zero-order chi connectivity index (χ0) is 17.4. The van der Waals surface area contributed by atoms with Crippen molar-refractivity contribution in [1.29, 1.82) is 0 Å². The van der Waals surface area contributed by atoms with E-state index in [1.807, 2.05) is 39.0 Å². The monoisotopic (exact) mass is 311 g/mol. The van der Waals surface area contributed by atoms with E-state index in [2.05, 4.69) is 26.0 Å². The number of Topliss-reactive ketones (excluding diaryl/α,β-unsaturated/α-hetero) is 1. The number of carbonyl (C=O) groups is 1. The number of hydrogen-bond donors (Lipinski definition) is 0. The van der Waals surface area contributed by atoms with Gasteiger partial charge in [-0.05, 0) is 35.6 Å². The maximum absolute atomic E-state index is 12.3. The summed E-state index contributed by atoms with van der Waals surface area (Å²) in [6, 6.07) is 9.92. The number of hydroxylamine groups is 1. The van der Waals surface area contributed by atoms with E-state index in [1.165, 1.54) is 5.56 Å². The first-order valence-electron chi connectivity index (χ1n) is 8.00. The normalized spacial score (nSPS) is 12.9. The number of ketones is 1. The lowest BCUT2D eigenvalue weighted by Crippen LogP contribution is -2.29. The minimum Gasteiger partial charge on any atom is -0.623 e. The van der Waals surface area contributed by atoms with E-state index in [1.54, 1.807) is 13.1 Å². The van der Waals surface area contributed by atoms with Crippen molar-refractivity contribution in [3.63, 3.8) is 0 Å². The summed E-state index contributed by atoms with van der Waals surface area (Å²) in [5.41, 5.74) is 3.99. The van der Waals surface area contributed by atoms with E-state index >= 15 is 0 Å². The molecule has 0 N–H and O–H groups in total. The van der Waals surface area contributed by atoms with Gasteiger partial charge in [0.25, 0.3) is 0 Å². The summed E-state index contributed by atoms with van der Waals surface area (Å²) in [6.45, 7) is 11.4. The van der Waals surface area contributed by atoms with E-state index in [4.69, 9.17) is 0 Å². The quantitative estimate of drug-likeness (QED) is 0.267. The van der Waals surface area contributed by atoms with Crippen molar-refractivity contribution in [1.82, 2.24) is 0 Å². The van der Waals surface area contributed by atoms with Crippen molar-refractivity contribution < 1.29 is 9.53 Å². The van der Waals surface area contributed by atoms with Gasteiger partial charge in [0.1, 0.15) is 0 Å². The third kappa shape index (κ3) is 3.61. The first-order chi connectivity index (χ1) is 10.6. The molecule has 2 rings (SSSR count). The molecule has 2 aliphatic rings. The second-order valence-electron chi connectivity index (χ2n) is 7.35. The molecule has 2 aliphatic carbocycles. The number of rotatable bonds is 3. The van der Waals surface area contributed by atoms with Gasteiger partial charge in [-0.1, -0.05) is 38.1 Å². The highest BCUT2D eigenvalue weighted by Gasteiger charge is 2.22. The van der Waals surface area contributed by atoms with Crippen LogP contribution in [0.5, 0.6) is 0 Å². The fraction of sp³-hybridized carbons (Fsp3) is 0.400. The molecule has 0 spiro atoms. The van der Waals surface area contributed by atoms with E-state index in [0.29, 0.717) is 11.5 Å². The lowest BCUT2D eigenvalue weighted by atomic mass is 10.0. The maximum Gasteiger partial charge on any atom is 0.182 e. The standard InChI is InChI=1S/C20H25NO2/c1-13(2)15-8-7-9-17-18(14(3)22)11-16(19(17)10-15)12-21(23)20(4,5)6/h7-13H,1-6H3/b21-12-. The highest BCUT2D eigenvalue weighted by molar-refractivity contribution is 6.07. The molecule has 0 bridgehead atoms. The summed E-state index contributed by atoms with van der Waals surface area (Å²) in [5, 5.41) is 12.3. The van der Waals surface area contributed by atoms with Crippen LogP contribution in [0.4, 0.5) is 0 Å². The molecule has 0 saturated heterocycles. The second kappa shape index (κ2) is 6.15. The predicted molar refractivity (Wildman–Crippen MR) is 95.7 cm³/mol. The molecule has 122 valence electrons. The van der Waals surface area contributed by atoms with Gasteiger partial charge in [0.15, 0.2) is 17.5 Å². The summed E-state index contributed by atoms with van der Waals surface area (Å²) in [4.78, 5) is 12.0. The van der Waals surface area contributed by atoms with E-state index < -0.39 is 5.54 Å². The van der Waals surface area contributed by atoms with Gasteiger partial charge in [-0.25, -0.2) is 4.74 Å². The van der Waals surface area contributed by atoms with Crippen LogP contribution in [0.25, 0.3) is 11.1 Å². The van der Waals surface area contributed by atoms with Gasteiger partial charge in [-0.2, -0.15) is 0 Å². The molecule has 0 saturated carbocycles. The third-order valence-corrected chi connectivity index (χ3v) is 4.02. The molecule has 0 heterocycles. The Hall–Kier alpha value is -2.16. The summed E-state index contributed by atoms with van der Waals surface area (Å²) >= 11 is 0. The summed E-state index contributed by atoms with van der Waals surface area (Å²) < 4.78 is 0.952. The molecular weight excluding hydrogens is 286 g/mol. The molecule has 3 nitrogen and oxygen atoms in total. The molecule has 0 aromatic heterocycles. The zero-order valence-corrected chi connectivity index (χ0v) is 14.8. The molecular formula is C20H25NO2. The Balaban J connectivity index is 2.74. The Morgan fingerprint density at radius 1 is 1.17 bits per heavy atom. The Bertz CT molecular complexity index is 736. The fourth-order valence-corrected chi connectivity index (χ4v) is 2.50. The van der Waals surface area contributed by atoms with Crippen LogP contribution in [0.1, 0.15) is 68.9 Å². The molecule has 0 radical (unpaired) electrons. The van der Waals surface area contributed by atoms with Gasteiger partial charge in [-0.3, -0.25) is 4.79 Å². The Morgan fingerprint density at radius 3 is 2.35 bits per heavy atom. The van der Waals surface area contributed by atoms with Crippen LogP contribution in [0, 0.1) is 5.21 Å². The number of carbonyl (C=O) groups excluding carboxylic acids is 1. The van der Waals surface area contributed by atoms with Crippen molar-refractivity contribution in [2.24, 2.45) is 0 Å². The van der Waals surface area contributed by atoms with E-state index in [0.717, 1.165) is 21.4 Å². The molecule has 0 aromatic carbocycles. The Labute approximate surface area is 138 Å². The first kappa shape index (κ1) is 17.2. The molecule has 23 heavy (non-hydrogen) atoms. The van der Waals surface area contributed by atoms with Crippen LogP contribution < -0.4 is 0 Å². The minimum absolute atomic E-state index is 0.0140. The predicted octanol–water partition coefficient (Wildman–Crippen LogP) is 4.85. The van der Waals surface area contributed by atoms with E-state index in [9.17, 15) is 10.0 Å². The van der Waals surface area contributed by atoms with Gasteiger partial charge in [-0.15, -0.1) is 0 Å².